The molecule has 2 rings (SSSR count). The van der Waals surface area contributed by atoms with Crippen LogP contribution >= 0.6 is 0 Å². The Bertz CT molecular complexity index is 667. The Hall–Kier alpha value is -2.02. The lowest BCUT2D eigenvalue weighted by Gasteiger charge is -2.06. The SMILES string of the molecule is CCn1ncnc1CS(=O)c1ccc(C)c(C(=O)O)c1. The van der Waals surface area contributed by atoms with Gasteiger partial charge in [-0.15, -0.1) is 0 Å². The van der Waals surface area contributed by atoms with Crippen LogP contribution in [0.15, 0.2) is 29.4 Å². The summed E-state index contributed by atoms with van der Waals surface area (Å²) in [5.74, 6) is -0.169. The van der Waals surface area contributed by atoms with Gasteiger partial charge in [-0.2, -0.15) is 5.10 Å². The second-order valence-corrected chi connectivity index (χ2v) is 5.71. The summed E-state index contributed by atoms with van der Waals surface area (Å²) in [6, 6.07) is 4.81. The van der Waals surface area contributed by atoms with E-state index in [2.05, 4.69) is 10.1 Å². The van der Waals surface area contributed by atoms with Gasteiger partial charge in [0.25, 0.3) is 0 Å². The molecule has 0 saturated heterocycles. The Labute approximate surface area is 118 Å². The van der Waals surface area contributed by atoms with Crippen molar-refractivity contribution >= 4 is 16.8 Å². The lowest BCUT2D eigenvalue weighted by atomic mass is 10.1. The highest BCUT2D eigenvalue weighted by atomic mass is 32.2. The number of hydrogen-bond donors (Lipinski definition) is 1. The zero-order chi connectivity index (χ0) is 14.7. The molecule has 7 heteroatoms. The van der Waals surface area contributed by atoms with Gasteiger partial charge in [-0.1, -0.05) is 6.07 Å². The standard InChI is InChI=1S/C13H15N3O3S/c1-3-16-12(14-8-15-16)7-20(19)10-5-4-9(2)11(6-10)13(17)18/h4-6,8H,3,7H2,1-2H3,(H,17,18). The zero-order valence-electron chi connectivity index (χ0n) is 11.2. The van der Waals surface area contributed by atoms with Crippen molar-refractivity contribution in [2.24, 2.45) is 0 Å². The molecule has 1 aromatic heterocycles. The van der Waals surface area contributed by atoms with Gasteiger partial charge in [0, 0.05) is 11.4 Å². The smallest absolute Gasteiger partial charge is 0.335 e. The Morgan fingerprint density at radius 2 is 2.20 bits per heavy atom. The number of aromatic carboxylic acids is 1. The first-order valence-electron chi connectivity index (χ1n) is 6.12. The van der Waals surface area contributed by atoms with E-state index < -0.39 is 16.8 Å². The molecule has 2 aromatic rings. The summed E-state index contributed by atoms with van der Waals surface area (Å²) in [4.78, 5) is 15.6. The molecular weight excluding hydrogens is 278 g/mol. The van der Waals surface area contributed by atoms with Crippen molar-refractivity contribution in [3.63, 3.8) is 0 Å². The van der Waals surface area contributed by atoms with E-state index in [4.69, 9.17) is 5.11 Å². The number of carboxylic acids is 1. The molecule has 1 unspecified atom stereocenters. The molecule has 0 spiro atoms. The molecule has 106 valence electrons. The third-order valence-electron chi connectivity index (χ3n) is 2.96. The summed E-state index contributed by atoms with van der Waals surface area (Å²) in [5, 5.41) is 13.1. The van der Waals surface area contributed by atoms with Crippen LogP contribution in [0.1, 0.15) is 28.7 Å². The van der Waals surface area contributed by atoms with Gasteiger partial charge in [0.15, 0.2) is 0 Å². The molecule has 1 atom stereocenters. The fourth-order valence-electron chi connectivity index (χ4n) is 1.84. The highest BCUT2D eigenvalue weighted by Crippen LogP contribution is 2.16. The first kappa shape index (κ1) is 14.4. The maximum atomic E-state index is 12.3. The van der Waals surface area contributed by atoms with Crippen LogP contribution in [0.25, 0.3) is 0 Å². The Morgan fingerprint density at radius 3 is 2.85 bits per heavy atom. The van der Waals surface area contributed by atoms with E-state index >= 15 is 0 Å². The van der Waals surface area contributed by atoms with Crippen molar-refractivity contribution in [1.82, 2.24) is 14.8 Å². The molecule has 0 fully saturated rings. The van der Waals surface area contributed by atoms with Crippen molar-refractivity contribution < 1.29 is 14.1 Å². The predicted molar refractivity (Wildman–Crippen MR) is 73.9 cm³/mol. The molecule has 1 aromatic carbocycles. The summed E-state index contributed by atoms with van der Waals surface area (Å²) in [5.41, 5.74) is 0.822. The molecule has 20 heavy (non-hydrogen) atoms. The average molecular weight is 293 g/mol. The van der Waals surface area contributed by atoms with Crippen molar-refractivity contribution in [1.29, 1.82) is 0 Å². The van der Waals surface area contributed by atoms with Crippen molar-refractivity contribution in [2.75, 3.05) is 0 Å². The summed E-state index contributed by atoms with van der Waals surface area (Å²) < 4.78 is 14.0. The molecule has 0 aliphatic rings. The largest absolute Gasteiger partial charge is 0.478 e. The molecule has 0 aliphatic carbocycles. The molecular formula is C13H15N3O3S. The summed E-state index contributed by atoms with van der Waals surface area (Å²) in [7, 11) is -1.35. The zero-order valence-corrected chi connectivity index (χ0v) is 12.1. The lowest BCUT2D eigenvalue weighted by Crippen LogP contribution is -2.08. The fraction of sp³-hybridized carbons (Fsp3) is 0.308. The number of benzene rings is 1. The Kier molecular flexibility index (Phi) is 4.29. The van der Waals surface area contributed by atoms with Crippen LogP contribution in [0.4, 0.5) is 0 Å². The van der Waals surface area contributed by atoms with Crippen molar-refractivity contribution in [3.8, 4) is 0 Å². The maximum absolute atomic E-state index is 12.3. The van der Waals surface area contributed by atoms with E-state index in [9.17, 15) is 9.00 Å². The number of nitrogens with zero attached hydrogens (tertiary/aromatic N) is 3. The monoisotopic (exact) mass is 293 g/mol. The highest BCUT2D eigenvalue weighted by Gasteiger charge is 2.14. The van der Waals surface area contributed by atoms with Gasteiger partial charge in [-0.05, 0) is 31.5 Å². The van der Waals surface area contributed by atoms with Gasteiger partial charge in [0.1, 0.15) is 12.2 Å². The van der Waals surface area contributed by atoms with Crippen LogP contribution in [-0.2, 0) is 23.1 Å². The van der Waals surface area contributed by atoms with Crippen LogP contribution in [0, 0.1) is 6.92 Å². The molecule has 0 bridgehead atoms. The minimum absolute atomic E-state index is 0.174. The van der Waals surface area contributed by atoms with Gasteiger partial charge in [0.05, 0.1) is 22.1 Å². The van der Waals surface area contributed by atoms with Crippen LogP contribution in [0.5, 0.6) is 0 Å². The van der Waals surface area contributed by atoms with Crippen LogP contribution < -0.4 is 0 Å². The number of rotatable bonds is 5. The maximum Gasteiger partial charge on any atom is 0.335 e. The minimum atomic E-state index is -1.35. The fourth-order valence-corrected chi connectivity index (χ4v) is 2.93. The Morgan fingerprint density at radius 1 is 1.45 bits per heavy atom. The lowest BCUT2D eigenvalue weighted by molar-refractivity contribution is 0.0696. The van der Waals surface area contributed by atoms with Gasteiger partial charge in [0.2, 0.25) is 0 Å². The Balaban J connectivity index is 2.26. The first-order chi connectivity index (χ1) is 9.52. The van der Waals surface area contributed by atoms with Crippen molar-refractivity contribution in [2.45, 2.75) is 31.0 Å². The molecule has 0 amide bonds. The average Bonchev–Trinajstić information content (AvgIpc) is 2.86. The van der Waals surface area contributed by atoms with E-state index in [-0.39, 0.29) is 11.3 Å². The van der Waals surface area contributed by atoms with Crippen LogP contribution in [0.2, 0.25) is 0 Å². The molecule has 6 nitrogen and oxygen atoms in total. The number of carbonyl (C=O) groups is 1. The quantitative estimate of drug-likeness (QED) is 0.905. The third-order valence-corrected chi connectivity index (χ3v) is 4.26. The van der Waals surface area contributed by atoms with E-state index in [1.54, 1.807) is 23.7 Å². The number of aromatic nitrogens is 3. The molecule has 1 N–H and O–H groups in total. The van der Waals surface area contributed by atoms with E-state index in [1.807, 2.05) is 6.92 Å². The van der Waals surface area contributed by atoms with Gasteiger partial charge in [-0.3, -0.25) is 4.21 Å². The van der Waals surface area contributed by atoms with Crippen LogP contribution in [0.3, 0.4) is 0 Å². The highest BCUT2D eigenvalue weighted by molar-refractivity contribution is 7.84. The summed E-state index contributed by atoms with van der Waals surface area (Å²) in [6.45, 7) is 4.29. The molecule has 1 heterocycles. The van der Waals surface area contributed by atoms with Gasteiger partial charge >= 0.3 is 5.97 Å². The van der Waals surface area contributed by atoms with Crippen LogP contribution in [-0.4, -0.2) is 30.0 Å². The number of carboxylic acid groups (broad SMARTS) is 1. The van der Waals surface area contributed by atoms with Gasteiger partial charge < -0.3 is 5.11 Å². The normalized spacial score (nSPS) is 12.3. The second-order valence-electron chi connectivity index (χ2n) is 4.26. The minimum Gasteiger partial charge on any atom is -0.478 e. The molecule has 0 radical (unpaired) electrons. The second kappa shape index (κ2) is 5.96. The van der Waals surface area contributed by atoms with Gasteiger partial charge in [-0.25, -0.2) is 14.5 Å². The van der Waals surface area contributed by atoms with E-state index in [0.29, 0.717) is 22.8 Å². The first-order valence-corrected chi connectivity index (χ1v) is 7.43. The molecule has 0 aliphatic heterocycles. The number of aryl methyl sites for hydroxylation is 2. The van der Waals surface area contributed by atoms with Crippen molar-refractivity contribution in [3.05, 3.63) is 41.5 Å². The van der Waals surface area contributed by atoms with E-state index in [1.165, 1.54) is 12.4 Å². The molecule has 0 saturated carbocycles. The number of hydrogen-bond acceptors (Lipinski definition) is 4. The van der Waals surface area contributed by atoms with E-state index in [0.717, 1.165) is 0 Å². The predicted octanol–water partition coefficient (Wildman–Crippen LogP) is 1.61. The topological polar surface area (TPSA) is 85.1 Å². The summed E-state index contributed by atoms with van der Waals surface area (Å²) in [6.07, 6.45) is 1.42. The summed E-state index contributed by atoms with van der Waals surface area (Å²) >= 11 is 0. The third kappa shape index (κ3) is 2.93.